The summed E-state index contributed by atoms with van der Waals surface area (Å²) in [5, 5.41) is 2.95. The maximum atomic E-state index is 11.8. The standard InChI is InChI=1S/C13H18N2O/c1-7-5-10(7)13(16)15-12-6-11(14)8(2)4-9(12)3/h4,6-7,10H,5,14H2,1-3H3,(H,15,16). The summed E-state index contributed by atoms with van der Waals surface area (Å²) >= 11 is 0. The number of nitrogens with one attached hydrogen (secondary N) is 1. The highest BCUT2D eigenvalue weighted by molar-refractivity contribution is 5.95. The Kier molecular flexibility index (Phi) is 2.62. The maximum absolute atomic E-state index is 11.8. The zero-order valence-corrected chi connectivity index (χ0v) is 10.0. The number of nitrogens with two attached hydrogens (primary N) is 1. The highest BCUT2D eigenvalue weighted by atomic mass is 16.2. The van der Waals surface area contributed by atoms with Gasteiger partial charge in [0.1, 0.15) is 0 Å². The fourth-order valence-electron chi connectivity index (χ4n) is 1.92. The summed E-state index contributed by atoms with van der Waals surface area (Å²) in [5.41, 5.74) is 9.51. The molecule has 0 radical (unpaired) electrons. The van der Waals surface area contributed by atoms with Crippen LogP contribution in [0.2, 0.25) is 0 Å². The predicted molar refractivity (Wildman–Crippen MR) is 66.2 cm³/mol. The number of hydrogen-bond acceptors (Lipinski definition) is 2. The first kappa shape index (κ1) is 11.0. The van der Waals surface area contributed by atoms with Gasteiger partial charge in [-0.2, -0.15) is 0 Å². The lowest BCUT2D eigenvalue weighted by atomic mass is 10.1. The third kappa shape index (κ3) is 2.03. The zero-order chi connectivity index (χ0) is 11.9. The minimum atomic E-state index is 0.124. The number of amides is 1. The molecule has 2 rings (SSSR count). The summed E-state index contributed by atoms with van der Waals surface area (Å²) in [4.78, 5) is 11.8. The molecule has 1 aliphatic carbocycles. The topological polar surface area (TPSA) is 55.1 Å². The Balaban J connectivity index is 2.15. The summed E-state index contributed by atoms with van der Waals surface area (Å²) in [6, 6.07) is 3.84. The van der Waals surface area contributed by atoms with Crippen LogP contribution in [-0.2, 0) is 4.79 Å². The zero-order valence-electron chi connectivity index (χ0n) is 10.0. The average molecular weight is 218 g/mol. The molecule has 0 spiro atoms. The first-order chi connectivity index (χ1) is 7.49. The van der Waals surface area contributed by atoms with Crippen molar-refractivity contribution in [3.05, 3.63) is 23.3 Å². The fourth-order valence-corrected chi connectivity index (χ4v) is 1.92. The van der Waals surface area contributed by atoms with Crippen LogP contribution >= 0.6 is 0 Å². The van der Waals surface area contributed by atoms with Crippen LogP contribution in [0.4, 0.5) is 11.4 Å². The van der Waals surface area contributed by atoms with Crippen LogP contribution < -0.4 is 11.1 Å². The van der Waals surface area contributed by atoms with Crippen LogP contribution in [0.1, 0.15) is 24.5 Å². The molecule has 2 atom stereocenters. The van der Waals surface area contributed by atoms with Crippen molar-refractivity contribution in [3.63, 3.8) is 0 Å². The van der Waals surface area contributed by atoms with E-state index in [4.69, 9.17) is 5.73 Å². The van der Waals surface area contributed by atoms with Gasteiger partial charge in [0, 0.05) is 17.3 Å². The molecule has 0 aromatic heterocycles. The van der Waals surface area contributed by atoms with Gasteiger partial charge in [-0.05, 0) is 43.4 Å². The fraction of sp³-hybridized carbons (Fsp3) is 0.462. The van der Waals surface area contributed by atoms with Crippen LogP contribution in [0.3, 0.4) is 0 Å². The lowest BCUT2D eigenvalue weighted by molar-refractivity contribution is -0.117. The maximum Gasteiger partial charge on any atom is 0.227 e. The summed E-state index contributed by atoms with van der Waals surface area (Å²) < 4.78 is 0. The molecule has 86 valence electrons. The molecule has 0 aliphatic heterocycles. The number of hydrogen-bond donors (Lipinski definition) is 2. The summed E-state index contributed by atoms with van der Waals surface area (Å²) in [6.45, 7) is 6.05. The Morgan fingerprint density at radius 3 is 2.56 bits per heavy atom. The van der Waals surface area contributed by atoms with E-state index in [-0.39, 0.29) is 11.8 Å². The Hall–Kier alpha value is -1.51. The molecule has 3 nitrogen and oxygen atoms in total. The molecule has 0 saturated heterocycles. The van der Waals surface area contributed by atoms with E-state index in [0.29, 0.717) is 5.92 Å². The number of nitrogen functional groups attached to an aromatic ring is 1. The largest absolute Gasteiger partial charge is 0.398 e. The summed E-state index contributed by atoms with van der Waals surface area (Å²) in [5.74, 6) is 0.851. The quantitative estimate of drug-likeness (QED) is 0.749. The van der Waals surface area contributed by atoms with Gasteiger partial charge >= 0.3 is 0 Å². The van der Waals surface area contributed by atoms with Crippen molar-refractivity contribution < 1.29 is 4.79 Å². The molecule has 1 aliphatic rings. The summed E-state index contributed by atoms with van der Waals surface area (Å²) in [6.07, 6.45) is 1.01. The highest BCUT2D eigenvalue weighted by Crippen LogP contribution is 2.38. The second kappa shape index (κ2) is 3.81. The molecule has 0 heterocycles. The van der Waals surface area contributed by atoms with Crippen molar-refractivity contribution in [2.24, 2.45) is 11.8 Å². The van der Waals surface area contributed by atoms with E-state index in [2.05, 4.69) is 12.2 Å². The van der Waals surface area contributed by atoms with E-state index in [1.807, 2.05) is 26.0 Å². The molecule has 1 saturated carbocycles. The lowest BCUT2D eigenvalue weighted by Gasteiger charge is -2.11. The van der Waals surface area contributed by atoms with Gasteiger partial charge < -0.3 is 11.1 Å². The van der Waals surface area contributed by atoms with Crippen LogP contribution in [0.5, 0.6) is 0 Å². The first-order valence-corrected chi connectivity index (χ1v) is 5.66. The number of benzene rings is 1. The van der Waals surface area contributed by atoms with Gasteiger partial charge in [-0.3, -0.25) is 4.79 Å². The van der Waals surface area contributed by atoms with E-state index in [1.54, 1.807) is 0 Å². The van der Waals surface area contributed by atoms with Crippen molar-refractivity contribution in [2.75, 3.05) is 11.1 Å². The van der Waals surface area contributed by atoms with Crippen LogP contribution in [-0.4, -0.2) is 5.91 Å². The van der Waals surface area contributed by atoms with E-state index in [0.717, 1.165) is 28.9 Å². The van der Waals surface area contributed by atoms with E-state index in [1.165, 1.54) is 0 Å². The average Bonchev–Trinajstić information content (AvgIpc) is 2.92. The van der Waals surface area contributed by atoms with Crippen molar-refractivity contribution in [1.29, 1.82) is 0 Å². The molecular formula is C13H18N2O. The van der Waals surface area contributed by atoms with Gasteiger partial charge in [-0.15, -0.1) is 0 Å². The third-order valence-corrected chi connectivity index (χ3v) is 3.32. The van der Waals surface area contributed by atoms with E-state index < -0.39 is 0 Å². The Labute approximate surface area is 96.0 Å². The van der Waals surface area contributed by atoms with Gasteiger partial charge in [0.05, 0.1) is 0 Å². The Morgan fingerprint density at radius 1 is 1.38 bits per heavy atom. The van der Waals surface area contributed by atoms with Gasteiger partial charge in [0.15, 0.2) is 0 Å². The van der Waals surface area contributed by atoms with Gasteiger partial charge in [0.2, 0.25) is 5.91 Å². The molecule has 3 heteroatoms. The SMILES string of the molecule is Cc1cc(C)c(NC(=O)C2CC2C)cc1N. The molecule has 16 heavy (non-hydrogen) atoms. The Bertz CT molecular complexity index is 440. The molecule has 1 amide bonds. The smallest absolute Gasteiger partial charge is 0.227 e. The molecule has 1 aromatic carbocycles. The second-order valence-corrected chi connectivity index (χ2v) is 4.83. The van der Waals surface area contributed by atoms with Gasteiger partial charge in [0.25, 0.3) is 0 Å². The number of anilines is 2. The number of carbonyl (C=O) groups excluding carboxylic acids is 1. The molecule has 3 N–H and O–H groups in total. The molecule has 1 aromatic rings. The lowest BCUT2D eigenvalue weighted by Crippen LogP contribution is -2.15. The van der Waals surface area contributed by atoms with Crippen molar-refractivity contribution in [2.45, 2.75) is 27.2 Å². The van der Waals surface area contributed by atoms with Crippen molar-refractivity contribution >= 4 is 17.3 Å². The third-order valence-electron chi connectivity index (χ3n) is 3.32. The van der Waals surface area contributed by atoms with E-state index >= 15 is 0 Å². The normalized spacial score (nSPS) is 22.9. The van der Waals surface area contributed by atoms with Crippen LogP contribution in [0.15, 0.2) is 12.1 Å². The monoisotopic (exact) mass is 218 g/mol. The number of aryl methyl sites for hydroxylation is 2. The van der Waals surface area contributed by atoms with Gasteiger partial charge in [-0.1, -0.05) is 13.0 Å². The predicted octanol–water partition coefficient (Wildman–Crippen LogP) is 2.48. The molecular weight excluding hydrogens is 200 g/mol. The van der Waals surface area contributed by atoms with Crippen LogP contribution in [0.25, 0.3) is 0 Å². The first-order valence-electron chi connectivity index (χ1n) is 5.66. The van der Waals surface area contributed by atoms with Gasteiger partial charge in [-0.25, -0.2) is 0 Å². The van der Waals surface area contributed by atoms with Crippen LogP contribution in [0, 0.1) is 25.7 Å². The molecule has 2 unspecified atom stereocenters. The number of carbonyl (C=O) groups is 1. The minimum Gasteiger partial charge on any atom is -0.398 e. The minimum absolute atomic E-state index is 0.124. The Morgan fingerprint density at radius 2 is 2.00 bits per heavy atom. The van der Waals surface area contributed by atoms with E-state index in [9.17, 15) is 4.79 Å². The molecule has 1 fully saturated rings. The second-order valence-electron chi connectivity index (χ2n) is 4.83. The molecule has 0 bridgehead atoms. The van der Waals surface area contributed by atoms with Crippen molar-refractivity contribution in [3.8, 4) is 0 Å². The van der Waals surface area contributed by atoms with Crippen molar-refractivity contribution in [1.82, 2.24) is 0 Å². The number of rotatable bonds is 2. The summed E-state index contributed by atoms with van der Waals surface area (Å²) in [7, 11) is 0. The highest BCUT2D eigenvalue weighted by Gasteiger charge is 2.39.